The second-order valence-electron chi connectivity index (χ2n) is 4.22. The number of aryl methyl sites for hydroxylation is 1. The predicted molar refractivity (Wildman–Crippen MR) is 72.0 cm³/mol. The lowest BCUT2D eigenvalue weighted by Gasteiger charge is -2.07. The Morgan fingerprint density at radius 3 is 2.33 bits per heavy atom. The van der Waals surface area contributed by atoms with Crippen molar-refractivity contribution in [2.24, 2.45) is 0 Å². The Morgan fingerprint density at radius 2 is 1.76 bits per heavy atom. The molecule has 0 unspecified atom stereocenters. The third kappa shape index (κ3) is 3.34. The Balaban J connectivity index is 2.35. The highest BCUT2D eigenvalue weighted by molar-refractivity contribution is 7.87. The van der Waals surface area contributed by atoms with E-state index in [-0.39, 0.29) is 10.6 Å². The molecule has 0 aliphatic heterocycles. The maximum absolute atomic E-state index is 13.2. The van der Waals surface area contributed by atoms with Gasteiger partial charge < -0.3 is 4.18 Å². The van der Waals surface area contributed by atoms with Crippen LogP contribution in [-0.2, 0) is 10.1 Å². The van der Waals surface area contributed by atoms with E-state index in [0.29, 0.717) is 0 Å². The topological polar surface area (TPSA) is 86.5 Å². The Bertz CT molecular complexity index is 787. The third-order valence-electron chi connectivity index (χ3n) is 2.63. The van der Waals surface area contributed by atoms with Crippen LogP contribution in [0.15, 0.2) is 47.4 Å². The van der Waals surface area contributed by atoms with Gasteiger partial charge in [0.1, 0.15) is 10.6 Å². The van der Waals surface area contributed by atoms with Crippen molar-refractivity contribution in [3.63, 3.8) is 0 Å². The molecular formula is C13H10FNO5S. The summed E-state index contributed by atoms with van der Waals surface area (Å²) in [5.41, 5.74) is 0.0120. The van der Waals surface area contributed by atoms with Gasteiger partial charge in [0.2, 0.25) is 5.82 Å². The van der Waals surface area contributed by atoms with Crippen LogP contribution in [0.2, 0.25) is 0 Å². The van der Waals surface area contributed by atoms with Gasteiger partial charge in [-0.15, -0.1) is 0 Å². The highest BCUT2D eigenvalue weighted by Crippen LogP contribution is 2.26. The van der Waals surface area contributed by atoms with Crippen molar-refractivity contribution in [1.29, 1.82) is 0 Å². The molecule has 0 N–H and O–H groups in total. The van der Waals surface area contributed by atoms with Gasteiger partial charge in [-0.1, -0.05) is 17.7 Å². The molecule has 0 saturated carbocycles. The molecule has 6 nitrogen and oxygen atoms in total. The van der Waals surface area contributed by atoms with E-state index in [4.69, 9.17) is 4.18 Å². The van der Waals surface area contributed by atoms with Crippen LogP contribution in [-0.4, -0.2) is 13.3 Å². The Kier molecular flexibility index (Phi) is 3.90. The third-order valence-corrected chi connectivity index (χ3v) is 3.89. The summed E-state index contributed by atoms with van der Waals surface area (Å²) in [5.74, 6) is -1.40. The van der Waals surface area contributed by atoms with Crippen LogP contribution >= 0.6 is 0 Å². The minimum absolute atomic E-state index is 0.0971. The first-order chi connectivity index (χ1) is 9.79. The quantitative estimate of drug-likeness (QED) is 0.492. The molecule has 0 atom stereocenters. The molecule has 8 heteroatoms. The molecule has 0 aliphatic carbocycles. The summed E-state index contributed by atoms with van der Waals surface area (Å²) in [6, 6.07) is 8.38. The number of nitrogens with zero attached hydrogens (tertiary/aromatic N) is 1. The first-order valence-electron chi connectivity index (χ1n) is 5.75. The summed E-state index contributed by atoms with van der Waals surface area (Å²) < 4.78 is 41.9. The Labute approximate surface area is 120 Å². The SMILES string of the molecule is Cc1ccc(S(=O)(=O)Oc2ccc(F)c([N+](=O)[O-])c2)cc1. The van der Waals surface area contributed by atoms with E-state index < -0.39 is 26.5 Å². The van der Waals surface area contributed by atoms with Gasteiger partial charge in [0.15, 0.2) is 0 Å². The molecule has 0 aromatic heterocycles. The van der Waals surface area contributed by atoms with Crippen LogP contribution in [0.3, 0.4) is 0 Å². The van der Waals surface area contributed by atoms with E-state index in [9.17, 15) is 22.9 Å². The summed E-state index contributed by atoms with van der Waals surface area (Å²) in [4.78, 5) is 9.55. The number of rotatable bonds is 4. The summed E-state index contributed by atoms with van der Waals surface area (Å²) in [7, 11) is -4.13. The minimum Gasteiger partial charge on any atom is -0.379 e. The van der Waals surface area contributed by atoms with Gasteiger partial charge in [-0.2, -0.15) is 12.8 Å². The number of hydrogen-bond donors (Lipinski definition) is 0. The van der Waals surface area contributed by atoms with Crippen LogP contribution in [0.4, 0.5) is 10.1 Å². The van der Waals surface area contributed by atoms with E-state index in [1.165, 1.54) is 12.1 Å². The van der Waals surface area contributed by atoms with Crippen molar-refractivity contribution in [2.75, 3.05) is 0 Å². The van der Waals surface area contributed by atoms with Crippen molar-refractivity contribution in [3.8, 4) is 5.75 Å². The first-order valence-corrected chi connectivity index (χ1v) is 7.15. The van der Waals surface area contributed by atoms with E-state index in [2.05, 4.69) is 0 Å². The molecular weight excluding hydrogens is 301 g/mol. The smallest absolute Gasteiger partial charge is 0.339 e. The highest BCUT2D eigenvalue weighted by atomic mass is 32.2. The average molecular weight is 311 g/mol. The average Bonchev–Trinajstić information content (AvgIpc) is 2.41. The number of hydrogen-bond acceptors (Lipinski definition) is 5. The van der Waals surface area contributed by atoms with Gasteiger partial charge in [-0.3, -0.25) is 10.1 Å². The number of nitro groups is 1. The van der Waals surface area contributed by atoms with E-state index in [0.717, 1.165) is 23.8 Å². The maximum Gasteiger partial charge on any atom is 0.339 e. The number of nitro benzene ring substituents is 1. The molecule has 2 aromatic carbocycles. The fourth-order valence-corrected chi connectivity index (χ4v) is 2.49. The van der Waals surface area contributed by atoms with Gasteiger partial charge >= 0.3 is 15.8 Å². The molecule has 0 spiro atoms. The summed E-state index contributed by atoms with van der Waals surface area (Å²) in [5, 5.41) is 10.6. The number of benzene rings is 2. The molecule has 2 rings (SSSR count). The van der Waals surface area contributed by atoms with Crippen LogP contribution in [0.25, 0.3) is 0 Å². The number of halogens is 1. The van der Waals surface area contributed by atoms with Crippen LogP contribution in [0, 0.1) is 22.9 Å². The van der Waals surface area contributed by atoms with Crippen LogP contribution in [0.5, 0.6) is 5.75 Å². The van der Waals surface area contributed by atoms with E-state index >= 15 is 0 Å². The maximum atomic E-state index is 13.2. The zero-order valence-corrected chi connectivity index (χ0v) is 11.6. The van der Waals surface area contributed by atoms with Gasteiger partial charge in [-0.05, 0) is 31.2 Å². The highest BCUT2D eigenvalue weighted by Gasteiger charge is 2.20. The van der Waals surface area contributed by atoms with Gasteiger partial charge in [0.25, 0.3) is 0 Å². The van der Waals surface area contributed by atoms with Crippen molar-refractivity contribution in [3.05, 3.63) is 64.0 Å². The Hall–Kier alpha value is -2.48. The summed E-state index contributed by atoms with van der Waals surface area (Å²) in [6.45, 7) is 1.79. The van der Waals surface area contributed by atoms with Crippen molar-refractivity contribution >= 4 is 15.8 Å². The molecule has 0 aliphatic rings. The normalized spacial score (nSPS) is 11.1. The molecule has 0 bridgehead atoms. The molecule has 0 fully saturated rings. The summed E-state index contributed by atoms with van der Waals surface area (Å²) in [6.07, 6.45) is 0. The molecule has 0 saturated heterocycles. The largest absolute Gasteiger partial charge is 0.379 e. The molecule has 0 heterocycles. The monoisotopic (exact) mass is 311 g/mol. The second-order valence-corrected chi connectivity index (χ2v) is 5.77. The fraction of sp³-hybridized carbons (Fsp3) is 0.0769. The molecule has 0 amide bonds. The lowest BCUT2D eigenvalue weighted by Crippen LogP contribution is -2.10. The van der Waals surface area contributed by atoms with Crippen molar-refractivity contribution < 1.29 is 21.9 Å². The summed E-state index contributed by atoms with van der Waals surface area (Å²) >= 11 is 0. The van der Waals surface area contributed by atoms with Crippen LogP contribution in [0.1, 0.15) is 5.56 Å². The van der Waals surface area contributed by atoms with Gasteiger partial charge in [0, 0.05) is 0 Å². The molecule has 21 heavy (non-hydrogen) atoms. The van der Waals surface area contributed by atoms with E-state index in [1.54, 1.807) is 19.1 Å². The predicted octanol–water partition coefficient (Wildman–Crippen LogP) is 2.81. The van der Waals surface area contributed by atoms with Crippen LogP contribution < -0.4 is 4.18 Å². The Morgan fingerprint density at radius 1 is 1.14 bits per heavy atom. The standard InChI is InChI=1S/C13H10FNO5S/c1-9-2-5-11(6-3-9)21(18,19)20-10-4-7-12(14)13(8-10)15(16)17/h2-8H,1H3. The van der Waals surface area contributed by atoms with Crippen molar-refractivity contribution in [2.45, 2.75) is 11.8 Å². The van der Waals surface area contributed by atoms with Crippen molar-refractivity contribution in [1.82, 2.24) is 0 Å². The lowest BCUT2D eigenvalue weighted by molar-refractivity contribution is -0.387. The molecule has 2 aromatic rings. The lowest BCUT2D eigenvalue weighted by atomic mass is 10.2. The minimum atomic E-state index is -4.13. The first kappa shape index (κ1) is 14.9. The van der Waals surface area contributed by atoms with E-state index in [1.807, 2.05) is 0 Å². The zero-order chi connectivity index (χ0) is 15.6. The second kappa shape index (κ2) is 5.49. The fourth-order valence-electron chi connectivity index (χ4n) is 1.56. The van der Waals surface area contributed by atoms with Gasteiger partial charge in [0.05, 0.1) is 11.0 Å². The molecule has 110 valence electrons. The zero-order valence-electron chi connectivity index (χ0n) is 10.8. The van der Waals surface area contributed by atoms with Gasteiger partial charge in [-0.25, -0.2) is 0 Å². The molecule has 0 radical (unpaired) electrons.